The smallest absolute Gasteiger partial charge is 0.131 e. The van der Waals surface area contributed by atoms with E-state index in [1.54, 1.807) is 0 Å². The van der Waals surface area contributed by atoms with Gasteiger partial charge in [0.15, 0.2) is 0 Å². The Balaban J connectivity index is 3.09. The highest BCUT2D eigenvalue weighted by Crippen LogP contribution is 2.22. The molecule has 1 rings (SSSR count). The molecule has 0 spiro atoms. The van der Waals surface area contributed by atoms with Crippen molar-refractivity contribution in [2.45, 2.75) is 19.8 Å². The highest BCUT2D eigenvalue weighted by Gasteiger charge is 2.07. The van der Waals surface area contributed by atoms with Crippen LogP contribution in [-0.2, 0) is 0 Å². The summed E-state index contributed by atoms with van der Waals surface area (Å²) in [6, 6.07) is 4.12. The average Bonchev–Trinajstić information content (AvgIpc) is 2.04. The summed E-state index contributed by atoms with van der Waals surface area (Å²) in [6.07, 6.45) is 1.83. The maximum atomic E-state index is 4.33. The van der Waals surface area contributed by atoms with E-state index in [2.05, 4.69) is 29.8 Å². The number of pyridine rings is 1. The highest BCUT2D eigenvalue weighted by atomic mass is 15.1. The number of anilines is 1. The van der Waals surface area contributed by atoms with Gasteiger partial charge < -0.3 is 4.90 Å². The summed E-state index contributed by atoms with van der Waals surface area (Å²) in [5.74, 6) is 1.61. The average molecular weight is 164 g/mol. The molecule has 0 bridgehead atoms. The first-order valence-corrected chi connectivity index (χ1v) is 4.25. The molecule has 0 aliphatic carbocycles. The molecular weight excluding hydrogens is 148 g/mol. The van der Waals surface area contributed by atoms with E-state index in [1.807, 2.05) is 26.4 Å². The molecule has 0 aromatic carbocycles. The lowest BCUT2D eigenvalue weighted by Crippen LogP contribution is -2.13. The number of rotatable bonds is 2. The monoisotopic (exact) mass is 164 g/mol. The molecule has 66 valence electrons. The maximum Gasteiger partial charge on any atom is 0.131 e. The van der Waals surface area contributed by atoms with E-state index in [0.717, 1.165) is 5.82 Å². The lowest BCUT2D eigenvalue weighted by atomic mass is 10.0. The first-order chi connectivity index (χ1) is 5.63. The summed E-state index contributed by atoms with van der Waals surface area (Å²) in [7, 11) is 4.04. The van der Waals surface area contributed by atoms with Gasteiger partial charge in [0, 0.05) is 20.3 Å². The Morgan fingerprint density at radius 1 is 1.33 bits per heavy atom. The van der Waals surface area contributed by atoms with Crippen molar-refractivity contribution in [3.8, 4) is 0 Å². The van der Waals surface area contributed by atoms with Gasteiger partial charge in [-0.3, -0.25) is 0 Å². The zero-order valence-electron chi connectivity index (χ0n) is 8.20. The minimum absolute atomic E-state index is 0.538. The Labute approximate surface area is 74.2 Å². The number of hydrogen-bond donors (Lipinski definition) is 0. The fraction of sp³-hybridized carbons (Fsp3) is 0.500. The van der Waals surface area contributed by atoms with Crippen LogP contribution in [-0.4, -0.2) is 19.1 Å². The van der Waals surface area contributed by atoms with Crippen LogP contribution >= 0.6 is 0 Å². The highest BCUT2D eigenvalue weighted by molar-refractivity contribution is 5.46. The molecule has 0 atom stereocenters. The van der Waals surface area contributed by atoms with Crippen molar-refractivity contribution in [3.05, 3.63) is 23.9 Å². The van der Waals surface area contributed by atoms with Crippen LogP contribution in [0.25, 0.3) is 0 Å². The standard InChI is InChI=1S/C10H16N2/c1-8(2)9-6-5-7-11-10(9)12(3)4/h5-8H,1-4H3. The van der Waals surface area contributed by atoms with Crippen molar-refractivity contribution in [1.82, 2.24) is 4.98 Å². The summed E-state index contributed by atoms with van der Waals surface area (Å²) in [5, 5.41) is 0. The molecule has 0 fully saturated rings. The molecule has 0 saturated heterocycles. The normalized spacial score (nSPS) is 10.4. The lowest BCUT2D eigenvalue weighted by Gasteiger charge is -2.17. The van der Waals surface area contributed by atoms with Crippen LogP contribution in [0.3, 0.4) is 0 Å². The molecule has 1 aromatic heterocycles. The van der Waals surface area contributed by atoms with Crippen LogP contribution in [0.5, 0.6) is 0 Å². The van der Waals surface area contributed by atoms with Gasteiger partial charge in [0.1, 0.15) is 5.82 Å². The fourth-order valence-electron chi connectivity index (χ4n) is 1.23. The molecule has 0 saturated carbocycles. The second-order valence-electron chi connectivity index (χ2n) is 3.47. The van der Waals surface area contributed by atoms with Crippen LogP contribution in [0, 0.1) is 0 Å². The molecule has 0 radical (unpaired) electrons. The van der Waals surface area contributed by atoms with E-state index in [9.17, 15) is 0 Å². The summed E-state index contributed by atoms with van der Waals surface area (Å²) < 4.78 is 0. The summed E-state index contributed by atoms with van der Waals surface area (Å²) in [6.45, 7) is 4.37. The summed E-state index contributed by atoms with van der Waals surface area (Å²) in [5.41, 5.74) is 1.31. The van der Waals surface area contributed by atoms with Gasteiger partial charge in [-0.2, -0.15) is 0 Å². The number of hydrogen-bond acceptors (Lipinski definition) is 2. The van der Waals surface area contributed by atoms with E-state index >= 15 is 0 Å². The third kappa shape index (κ3) is 1.76. The van der Waals surface area contributed by atoms with Crippen molar-refractivity contribution in [3.63, 3.8) is 0 Å². The van der Waals surface area contributed by atoms with E-state index in [1.165, 1.54) is 5.56 Å². The van der Waals surface area contributed by atoms with Crippen molar-refractivity contribution in [1.29, 1.82) is 0 Å². The second kappa shape index (κ2) is 3.57. The van der Waals surface area contributed by atoms with Crippen LogP contribution in [0.2, 0.25) is 0 Å². The SMILES string of the molecule is CC(C)c1cccnc1N(C)C. The van der Waals surface area contributed by atoms with Gasteiger partial charge in [0.2, 0.25) is 0 Å². The lowest BCUT2D eigenvalue weighted by molar-refractivity contribution is 0.847. The molecule has 1 heterocycles. The first kappa shape index (κ1) is 9.04. The predicted molar refractivity (Wildman–Crippen MR) is 52.7 cm³/mol. The van der Waals surface area contributed by atoms with Crippen LogP contribution in [0.15, 0.2) is 18.3 Å². The Kier molecular flexibility index (Phi) is 2.69. The van der Waals surface area contributed by atoms with Crippen molar-refractivity contribution in [2.24, 2.45) is 0 Å². The molecule has 0 N–H and O–H groups in total. The third-order valence-electron chi connectivity index (χ3n) is 1.86. The van der Waals surface area contributed by atoms with E-state index in [0.29, 0.717) is 5.92 Å². The first-order valence-electron chi connectivity index (χ1n) is 4.25. The Hall–Kier alpha value is -1.05. The van der Waals surface area contributed by atoms with Crippen molar-refractivity contribution >= 4 is 5.82 Å². The van der Waals surface area contributed by atoms with Crippen LogP contribution in [0.1, 0.15) is 25.3 Å². The molecule has 0 amide bonds. The zero-order chi connectivity index (χ0) is 9.14. The van der Waals surface area contributed by atoms with Gasteiger partial charge >= 0.3 is 0 Å². The fourth-order valence-corrected chi connectivity index (χ4v) is 1.23. The van der Waals surface area contributed by atoms with Gasteiger partial charge in [-0.05, 0) is 17.5 Å². The van der Waals surface area contributed by atoms with Crippen LogP contribution in [0.4, 0.5) is 5.82 Å². The summed E-state index contributed by atoms with van der Waals surface area (Å²) in [4.78, 5) is 6.38. The molecule has 2 nitrogen and oxygen atoms in total. The van der Waals surface area contributed by atoms with Gasteiger partial charge in [-0.1, -0.05) is 19.9 Å². The molecule has 0 aliphatic rings. The second-order valence-corrected chi connectivity index (χ2v) is 3.47. The van der Waals surface area contributed by atoms with Crippen molar-refractivity contribution in [2.75, 3.05) is 19.0 Å². The van der Waals surface area contributed by atoms with E-state index < -0.39 is 0 Å². The summed E-state index contributed by atoms with van der Waals surface area (Å²) >= 11 is 0. The quantitative estimate of drug-likeness (QED) is 0.666. The van der Waals surface area contributed by atoms with Gasteiger partial charge in [0.25, 0.3) is 0 Å². The molecule has 0 aliphatic heterocycles. The maximum absolute atomic E-state index is 4.33. The van der Waals surface area contributed by atoms with Crippen molar-refractivity contribution < 1.29 is 0 Å². The molecule has 12 heavy (non-hydrogen) atoms. The zero-order valence-corrected chi connectivity index (χ0v) is 8.20. The van der Waals surface area contributed by atoms with E-state index in [-0.39, 0.29) is 0 Å². The predicted octanol–water partition coefficient (Wildman–Crippen LogP) is 2.27. The Bertz CT molecular complexity index is 227. The van der Waals surface area contributed by atoms with Gasteiger partial charge in [-0.15, -0.1) is 0 Å². The Morgan fingerprint density at radius 2 is 2.00 bits per heavy atom. The largest absolute Gasteiger partial charge is 0.363 e. The minimum atomic E-state index is 0.538. The molecule has 2 heteroatoms. The van der Waals surface area contributed by atoms with Gasteiger partial charge in [0.05, 0.1) is 0 Å². The van der Waals surface area contributed by atoms with E-state index in [4.69, 9.17) is 0 Å². The topological polar surface area (TPSA) is 16.1 Å². The third-order valence-corrected chi connectivity index (χ3v) is 1.86. The number of nitrogens with zero attached hydrogens (tertiary/aromatic N) is 2. The minimum Gasteiger partial charge on any atom is -0.363 e. The number of aromatic nitrogens is 1. The van der Waals surface area contributed by atoms with Crippen LogP contribution < -0.4 is 4.90 Å². The molecule has 0 unspecified atom stereocenters. The molecule has 1 aromatic rings. The Morgan fingerprint density at radius 3 is 2.42 bits per heavy atom. The molecular formula is C10H16N2. The van der Waals surface area contributed by atoms with Gasteiger partial charge in [-0.25, -0.2) is 4.98 Å².